The number of hydrogen-bond donors (Lipinski definition) is 0. The van der Waals surface area contributed by atoms with Crippen molar-refractivity contribution < 1.29 is 31.5 Å². The number of unbranched alkanes of at least 4 members (excludes halogenated alkanes) is 3. The first-order chi connectivity index (χ1) is 10.7. The van der Waals surface area contributed by atoms with Crippen molar-refractivity contribution in [1.82, 2.24) is 0 Å². The van der Waals surface area contributed by atoms with Crippen LogP contribution in [0.4, 0.5) is 22.0 Å². The van der Waals surface area contributed by atoms with Crippen molar-refractivity contribution in [3.8, 4) is 0 Å². The van der Waals surface area contributed by atoms with Crippen molar-refractivity contribution in [2.75, 3.05) is 12.4 Å². The SMILES string of the molecule is CCCCCC(SCCCCC(F)(F)C(F)(F)F)C(=O)OCC. The van der Waals surface area contributed by atoms with Crippen LogP contribution in [0.2, 0.25) is 0 Å². The standard InChI is InChI=1S/C15H25F5O2S/c1-3-5-6-9-12(13(21)22-4-2)23-11-8-7-10-14(16,17)15(18,19)20/h12H,3-11H2,1-2H3. The molecule has 0 aromatic rings. The summed E-state index contributed by atoms with van der Waals surface area (Å²) in [6, 6.07) is 0. The highest BCUT2D eigenvalue weighted by molar-refractivity contribution is 8.00. The summed E-state index contributed by atoms with van der Waals surface area (Å²) >= 11 is 1.28. The molecule has 0 radical (unpaired) electrons. The second kappa shape index (κ2) is 11.1. The fourth-order valence-electron chi connectivity index (χ4n) is 1.90. The molecule has 0 rings (SSSR count). The zero-order valence-electron chi connectivity index (χ0n) is 13.6. The quantitative estimate of drug-likeness (QED) is 0.256. The number of carbonyl (C=O) groups is 1. The molecule has 0 N–H and O–H groups in total. The molecule has 23 heavy (non-hydrogen) atoms. The Bertz CT molecular complexity index is 334. The molecule has 0 aliphatic carbocycles. The van der Waals surface area contributed by atoms with Crippen LogP contribution in [-0.2, 0) is 9.53 Å². The number of halogens is 5. The van der Waals surface area contributed by atoms with Gasteiger partial charge in [0.05, 0.1) is 6.61 Å². The van der Waals surface area contributed by atoms with Gasteiger partial charge in [0, 0.05) is 6.42 Å². The van der Waals surface area contributed by atoms with Crippen molar-refractivity contribution >= 4 is 17.7 Å². The van der Waals surface area contributed by atoms with Crippen LogP contribution < -0.4 is 0 Å². The van der Waals surface area contributed by atoms with Crippen molar-refractivity contribution in [1.29, 1.82) is 0 Å². The van der Waals surface area contributed by atoms with E-state index in [1.807, 2.05) is 6.92 Å². The Morgan fingerprint density at radius 1 is 1.04 bits per heavy atom. The Labute approximate surface area is 138 Å². The van der Waals surface area contributed by atoms with Crippen LogP contribution in [0.1, 0.15) is 58.8 Å². The maximum Gasteiger partial charge on any atom is 0.453 e. The van der Waals surface area contributed by atoms with Crippen LogP contribution in [0.5, 0.6) is 0 Å². The number of ether oxygens (including phenoxy) is 1. The molecule has 138 valence electrons. The number of hydrogen-bond acceptors (Lipinski definition) is 3. The van der Waals surface area contributed by atoms with Crippen LogP contribution in [0.25, 0.3) is 0 Å². The van der Waals surface area contributed by atoms with Crippen molar-refractivity contribution in [3.05, 3.63) is 0 Å². The lowest BCUT2D eigenvalue weighted by Gasteiger charge is -2.19. The molecule has 0 aliphatic heterocycles. The van der Waals surface area contributed by atoms with Gasteiger partial charge in [-0.25, -0.2) is 0 Å². The van der Waals surface area contributed by atoms with E-state index in [0.29, 0.717) is 12.2 Å². The third kappa shape index (κ3) is 9.37. The Morgan fingerprint density at radius 3 is 2.22 bits per heavy atom. The zero-order chi connectivity index (χ0) is 17.9. The number of alkyl halides is 5. The van der Waals surface area contributed by atoms with Gasteiger partial charge in [-0.05, 0) is 31.9 Å². The molecular formula is C15H25F5O2S. The van der Waals surface area contributed by atoms with Gasteiger partial charge in [0.15, 0.2) is 0 Å². The molecule has 0 aliphatic rings. The maximum absolute atomic E-state index is 12.7. The lowest BCUT2D eigenvalue weighted by Crippen LogP contribution is -2.36. The number of thioether (sulfide) groups is 1. The van der Waals surface area contributed by atoms with Gasteiger partial charge in [-0.3, -0.25) is 4.79 Å². The Balaban J connectivity index is 4.13. The van der Waals surface area contributed by atoms with E-state index < -0.39 is 18.5 Å². The minimum absolute atomic E-state index is 0.208. The molecule has 2 nitrogen and oxygen atoms in total. The average Bonchev–Trinajstić information content (AvgIpc) is 2.44. The van der Waals surface area contributed by atoms with E-state index in [1.165, 1.54) is 11.8 Å². The van der Waals surface area contributed by atoms with Crippen LogP contribution in [-0.4, -0.2) is 35.7 Å². The lowest BCUT2D eigenvalue weighted by atomic mass is 10.1. The van der Waals surface area contributed by atoms with Gasteiger partial charge < -0.3 is 4.74 Å². The maximum atomic E-state index is 12.7. The number of carbonyl (C=O) groups excluding carboxylic acids is 1. The topological polar surface area (TPSA) is 26.3 Å². The van der Waals surface area contributed by atoms with Crippen LogP contribution >= 0.6 is 11.8 Å². The second-order valence-electron chi connectivity index (χ2n) is 5.27. The van der Waals surface area contributed by atoms with Crippen molar-refractivity contribution in [3.63, 3.8) is 0 Å². The Kier molecular flexibility index (Phi) is 10.8. The van der Waals surface area contributed by atoms with E-state index in [0.717, 1.165) is 19.3 Å². The molecule has 0 aromatic heterocycles. The number of esters is 1. The highest BCUT2D eigenvalue weighted by Crippen LogP contribution is 2.39. The number of rotatable bonds is 12. The first-order valence-electron chi connectivity index (χ1n) is 7.88. The molecule has 0 fully saturated rings. The molecule has 1 unspecified atom stereocenters. The fourth-order valence-corrected chi connectivity index (χ4v) is 3.09. The smallest absolute Gasteiger partial charge is 0.453 e. The van der Waals surface area contributed by atoms with Crippen molar-refractivity contribution in [2.45, 2.75) is 76.1 Å². The van der Waals surface area contributed by atoms with E-state index in [4.69, 9.17) is 4.74 Å². The second-order valence-corrected chi connectivity index (χ2v) is 6.58. The Hall–Kier alpha value is -0.530. The van der Waals surface area contributed by atoms with Gasteiger partial charge in [-0.2, -0.15) is 22.0 Å². The molecule has 0 aromatic carbocycles. The third-order valence-electron chi connectivity index (χ3n) is 3.24. The van der Waals surface area contributed by atoms with Gasteiger partial charge in [-0.1, -0.05) is 26.2 Å². The van der Waals surface area contributed by atoms with Gasteiger partial charge in [0.25, 0.3) is 0 Å². The summed E-state index contributed by atoms with van der Waals surface area (Å²) in [7, 11) is 0. The molecule has 0 amide bonds. The molecule has 0 bridgehead atoms. The predicted molar refractivity (Wildman–Crippen MR) is 81.9 cm³/mol. The molecule has 0 spiro atoms. The van der Waals surface area contributed by atoms with Gasteiger partial charge in [0.1, 0.15) is 5.25 Å². The molecule has 0 saturated heterocycles. The summed E-state index contributed by atoms with van der Waals surface area (Å²) in [5, 5.41) is -0.371. The van der Waals surface area contributed by atoms with Gasteiger partial charge >= 0.3 is 18.1 Å². The normalized spacial score (nSPS) is 13.9. The molecule has 8 heteroatoms. The Morgan fingerprint density at radius 2 is 1.70 bits per heavy atom. The van der Waals surface area contributed by atoms with E-state index in [1.54, 1.807) is 6.92 Å². The summed E-state index contributed by atoms with van der Waals surface area (Å²) in [6.07, 6.45) is -3.25. The van der Waals surface area contributed by atoms with E-state index in [-0.39, 0.29) is 30.7 Å². The largest absolute Gasteiger partial charge is 0.465 e. The minimum Gasteiger partial charge on any atom is -0.465 e. The minimum atomic E-state index is -5.49. The van der Waals surface area contributed by atoms with Gasteiger partial charge in [-0.15, -0.1) is 11.8 Å². The average molecular weight is 364 g/mol. The first-order valence-corrected chi connectivity index (χ1v) is 8.93. The third-order valence-corrected chi connectivity index (χ3v) is 4.59. The molecular weight excluding hydrogens is 339 g/mol. The van der Waals surface area contributed by atoms with E-state index >= 15 is 0 Å². The monoisotopic (exact) mass is 364 g/mol. The highest BCUT2D eigenvalue weighted by atomic mass is 32.2. The van der Waals surface area contributed by atoms with Gasteiger partial charge in [0.2, 0.25) is 0 Å². The van der Waals surface area contributed by atoms with Crippen LogP contribution in [0.3, 0.4) is 0 Å². The van der Waals surface area contributed by atoms with Crippen LogP contribution in [0, 0.1) is 0 Å². The fraction of sp³-hybridized carbons (Fsp3) is 0.933. The summed E-state index contributed by atoms with van der Waals surface area (Å²) in [6.45, 7) is 4.00. The van der Waals surface area contributed by atoms with Crippen LogP contribution in [0.15, 0.2) is 0 Å². The predicted octanol–water partition coefficient (Wildman–Crippen LogP) is 5.60. The first kappa shape index (κ1) is 22.5. The molecule has 0 saturated carbocycles. The summed E-state index contributed by atoms with van der Waals surface area (Å²) in [5.74, 6) is -4.61. The van der Waals surface area contributed by atoms with Crippen molar-refractivity contribution in [2.24, 2.45) is 0 Å². The lowest BCUT2D eigenvalue weighted by molar-refractivity contribution is -0.284. The summed E-state index contributed by atoms with van der Waals surface area (Å²) in [4.78, 5) is 11.8. The highest BCUT2D eigenvalue weighted by Gasteiger charge is 2.56. The summed E-state index contributed by atoms with van der Waals surface area (Å²) < 4.78 is 66.5. The molecule has 0 heterocycles. The summed E-state index contributed by atoms with van der Waals surface area (Å²) in [5.41, 5.74) is 0. The van der Waals surface area contributed by atoms with E-state index in [2.05, 4.69) is 0 Å². The zero-order valence-corrected chi connectivity index (χ0v) is 14.4. The molecule has 1 atom stereocenters. The van der Waals surface area contributed by atoms with E-state index in [9.17, 15) is 26.7 Å².